The fraction of sp³-hybridized carbons (Fsp3) is 1.00. The van der Waals surface area contributed by atoms with E-state index in [4.69, 9.17) is 10.2 Å². The highest BCUT2D eigenvalue weighted by Crippen LogP contribution is 2.28. The summed E-state index contributed by atoms with van der Waals surface area (Å²) in [7, 11) is 0. The van der Waals surface area contributed by atoms with Crippen molar-refractivity contribution in [3.05, 3.63) is 0 Å². The van der Waals surface area contributed by atoms with Crippen LogP contribution in [-0.2, 0) is 0 Å². The number of aliphatic hydroxyl groups excluding tert-OH is 1. The molecule has 0 aliphatic heterocycles. The third kappa shape index (κ3) is 4.01. The molecule has 0 heterocycles. The molecule has 6 heteroatoms. The van der Waals surface area contributed by atoms with Crippen molar-refractivity contribution < 1.29 is 10.2 Å². The van der Waals surface area contributed by atoms with Gasteiger partial charge in [-0.15, -0.1) is 0 Å². The molecule has 0 saturated carbocycles. The lowest BCUT2D eigenvalue weighted by Crippen LogP contribution is -2.31. The van der Waals surface area contributed by atoms with Gasteiger partial charge in [-0.05, 0) is 0 Å². The minimum atomic E-state index is -1.36. The maximum Gasteiger partial charge on any atom is 0.165 e. The summed E-state index contributed by atoms with van der Waals surface area (Å²) in [4.78, 5) is -0.469. The SMILES string of the molecule is OC(O)C(Br)C(Br)C(Br)Br. The Labute approximate surface area is 92.9 Å². The molecule has 0 aliphatic carbocycles. The highest BCUT2D eigenvalue weighted by molar-refractivity contribution is 9.25. The van der Waals surface area contributed by atoms with E-state index in [1.165, 1.54) is 0 Å². The Balaban J connectivity index is 3.81. The van der Waals surface area contributed by atoms with Gasteiger partial charge in [0, 0.05) is 0 Å². The van der Waals surface area contributed by atoms with Gasteiger partial charge in [-0.1, -0.05) is 63.7 Å². The molecule has 10 heavy (non-hydrogen) atoms. The molecule has 0 radical (unpaired) electrons. The molecular formula is C4H6Br4O2. The van der Waals surface area contributed by atoms with Crippen LogP contribution < -0.4 is 0 Å². The summed E-state index contributed by atoms with van der Waals surface area (Å²) in [5.74, 6) is 0. The van der Waals surface area contributed by atoms with Crippen molar-refractivity contribution in [2.24, 2.45) is 0 Å². The molecular weight excluding hydrogens is 400 g/mol. The van der Waals surface area contributed by atoms with E-state index in [-0.39, 0.29) is 8.56 Å². The zero-order valence-electron chi connectivity index (χ0n) is 4.72. The van der Waals surface area contributed by atoms with Crippen LogP contribution in [0.2, 0.25) is 0 Å². The van der Waals surface area contributed by atoms with Crippen LogP contribution in [0, 0.1) is 0 Å². The Morgan fingerprint density at radius 2 is 1.20 bits per heavy atom. The molecule has 2 N–H and O–H groups in total. The van der Waals surface area contributed by atoms with E-state index in [2.05, 4.69) is 63.7 Å². The zero-order valence-corrected chi connectivity index (χ0v) is 11.1. The first-order valence-electron chi connectivity index (χ1n) is 2.39. The van der Waals surface area contributed by atoms with Crippen LogP contribution in [0.4, 0.5) is 0 Å². The molecule has 0 bridgehead atoms. The number of rotatable bonds is 3. The normalized spacial score (nSPS) is 18.0. The van der Waals surface area contributed by atoms with Gasteiger partial charge in [0.15, 0.2) is 6.29 Å². The Kier molecular flexibility index (Phi) is 6.49. The quantitative estimate of drug-likeness (QED) is 0.556. The molecule has 0 spiro atoms. The van der Waals surface area contributed by atoms with Crippen LogP contribution in [0.5, 0.6) is 0 Å². The molecule has 2 unspecified atom stereocenters. The van der Waals surface area contributed by atoms with Crippen molar-refractivity contribution in [3.8, 4) is 0 Å². The molecule has 2 nitrogen and oxygen atoms in total. The number of hydrogen-bond acceptors (Lipinski definition) is 2. The maximum absolute atomic E-state index is 8.68. The van der Waals surface area contributed by atoms with E-state index >= 15 is 0 Å². The molecule has 0 saturated heterocycles. The molecule has 0 aromatic rings. The average Bonchev–Trinajstić information content (AvgIpc) is 1.84. The molecule has 0 amide bonds. The van der Waals surface area contributed by atoms with Gasteiger partial charge in [-0.2, -0.15) is 0 Å². The smallest absolute Gasteiger partial charge is 0.165 e. The summed E-state index contributed by atoms with van der Waals surface area (Å²) in [6.45, 7) is 0. The second-order valence-electron chi connectivity index (χ2n) is 1.64. The fourth-order valence-corrected chi connectivity index (χ4v) is 2.36. The maximum atomic E-state index is 8.68. The van der Waals surface area contributed by atoms with Gasteiger partial charge in [0.25, 0.3) is 0 Å². The lowest BCUT2D eigenvalue weighted by molar-refractivity contribution is -0.0376. The summed E-state index contributed by atoms with van der Waals surface area (Å²) in [6.07, 6.45) is -1.36. The topological polar surface area (TPSA) is 40.5 Å². The minimum absolute atomic E-state index is 0.00572. The predicted octanol–water partition coefficient (Wildman–Crippen LogP) is 1.94. The highest BCUT2D eigenvalue weighted by Gasteiger charge is 2.26. The molecule has 62 valence electrons. The molecule has 0 fully saturated rings. The Morgan fingerprint density at radius 1 is 0.800 bits per heavy atom. The van der Waals surface area contributed by atoms with E-state index in [9.17, 15) is 0 Å². The first kappa shape index (κ1) is 11.8. The van der Waals surface area contributed by atoms with Crippen LogP contribution in [0.3, 0.4) is 0 Å². The van der Waals surface area contributed by atoms with Gasteiger partial charge in [0.05, 0.1) is 13.4 Å². The largest absolute Gasteiger partial charge is 0.367 e. The average molecular weight is 406 g/mol. The summed E-state index contributed by atoms with van der Waals surface area (Å²) < 4.78 is 0.00572. The van der Waals surface area contributed by atoms with E-state index in [0.29, 0.717) is 0 Å². The molecule has 0 aromatic heterocycles. The predicted molar refractivity (Wildman–Crippen MR) is 55.3 cm³/mol. The van der Waals surface area contributed by atoms with Crippen LogP contribution in [0.15, 0.2) is 0 Å². The number of aliphatic hydroxyl groups is 2. The van der Waals surface area contributed by atoms with Crippen LogP contribution in [0.25, 0.3) is 0 Å². The third-order valence-corrected chi connectivity index (χ3v) is 6.24. The first-order valence-corrected chi connectivity index (χ1v) is 6.05. The lowest BCUT2D eigenvalue weighted by atomic mass is 10.3. The van der Waals surface area contributed by atoms with E-state index in [1.807, 2.05) is 0 Å². The summed E-state index contributed by atoms with van der Waals surface area (Å²) in [5, 5.41) is 17.4. The van der Waals surface area contributed by atoms with Crippen molar-refractivity contribution in [2.45, 2.75) is 19.7 Å². The van der Waals surface area contributed by atoms with E-state index in [0.717, 1.165) is 0 Å². The summed E-state index contributed by atoms with van der Waals surface area (Å²) in [6, 6.07) is 0. The monoisotopic (exact) mass is 402 g/mol. The van der Waals surface area contributed by atoms with Crippen LogP contribution >= 0.6 is 63.7 Å². The molecule has 0 rings (SSSR count). The molecule has 0 aliphatic rings. The van der Waals surface area contributed by atoms with E-state index < -0.39 is 11.1 Å². The summed E-state index contributed by atoms with van der Waals surface area (Å²) in [5.41, 5.74) is 0. The third-order valence-electron chi connectivity index (χ3n) is 0.830. The number of halogens is 4. The van der Waals surface area contributed by atoms with Gasteiger partial charge in [0.2, 0.25) is 0 Å². The lowest BCUT2D eigenvalue weighted by Gasteiger charge is -2.19. The van der Waals surface area contributed by atoms with Gasteiger partial charge in [0.1, 0.15) is 0 Å². The van der Waals surface area contributed by atoms with Crippen LogP contribution in [0.1, 0.15) is 0 Å². The second kappa shape index (κ2) is 5.48. The van der Waals surface area contributed by atoms with Gasteiger partial charge >= 0.3 is 0 Å². The summed E-state index contributed by atoms with van der Waals surface area (Å²) >= 11 is 12.8. The Morgan fingerprint density at radius 3 is 1.30 bits per heavy atom. The van der Waals surface area contributed by atoms with Crippen molar-refractivity contribution in [2.75, 3.05) is 0 Å². The zero-order chi connectivity index (χ0) is 8.31. The Bertz CT molecular complexity index is 85.3. The van der Waals surface area contributed by atoms with Gasteiger partial charge in [-0.3, -0.25) is 0 Å². The van der Waals surface area contributed by atoms with Gasteiger partial charge in [-0.25, -0.2) is 0 Å². The number of hydrogen-bond donors (Lipinski definition) is 2. The first-order chi connectivity index (χ1) is 4.46. The van der Waals surface area contributed by atoms with Crippen molar-refractivity contribution >= 4 is 63.7 Å². The van der Waals surface area contributed by atoms with Crippen molar-refractivity contribution in [1.29, 1.82) is 0 Å². The molecule has 0 aromatic carbocycles. The van der Waals surface area contributed by atoms with Crippen molar-refractivity contribution in [1.82, 2.24) is 0 Å². The van der Waals surface area contributed by atoms with Crippen molar-refractivity contribution in [3.63, 3.8) is 0 Å². The fourth-order valence-electron chi connectivity index (χ4n) is 0.303. The number of alkyl halides is 4. The second-order valence-corrected chi connectivity index (χ2v) is 6.95. The standard InChI is InChI=1S/C4H6Br4O2/c5-1(3(7)8)2(6)4(9)10/h1-4,9-10H. The minimum Gasteiger partial charge on any atom is -0.367 e. The molecule has 2 atom stereocenters. The Hall–Kier alpha value is 1.84. The van der Waals surface area contributed by atoms with Crippen LogP contribution in [-0.4, -0.2) is 29.9 Å². The van der Waals surface area contributed by atoms with Gasteiger partial charge < -0.3 is 10.2 Å². The highest BCUT2D eigenvalue weighted by atomic mass is 79.9. The van der Waals surface area contributed by atoms with E-state index in [1.54, 1.807) is 0 Å².